The van der Waals surface area contributed by atoms with Gasteiger partial charge >= 0.3 is 0 Å². The van der Waals surface area contributed by atoms with Crippen LogP contribution in [0.4, 0.5) is 0 Å². The van der Waals surface area contributed by atoms with Crippen molar-refractivity contribution in [2.24, 2.45) is 10.9 Å². The lowest BCUT2D eigenvalue weighted by Crippen LogP contribution is -2.39. The van der Waals surface area contributed by atoms with Crippen LogP contribution >= 0.6 is 35.3 Å². The highest BCUT2D eigenvalue weighted by molar-refractivity contribution is 14.0. The van der Waals surface area contributed by atoms with Gasteiger partial charge in [-0.25, -0.2) is 4.98 Å². The maximum atomic E-state index is 4.73. The number of nitrogens with zero attached hydrogens (tertiary/aromatic N) is 2. The minimum absolute atomic E-state index is 0. The lowest BCUT2D eigenvalue weighted by atomic mass is 10.2. The SMILES string of the molecule is CN=C(NCCc1csc(-c2ccc(C)cc2)n1)NCC(C)C.I. The molecule has 0 saturated heterocycles. The van der Waals surface area contributed by atoms with E-state index in [0.717, 1.165) is 36.2 Å². The summed E-state index contributed by atoms with van der Waals surface area (Å²) in [4.78, 5) is 8.95. The second-order valence-corrected chi connectivity index (χ2v) is 6.89. The molecule has 0 spiro atoms. The first-order valence-electron chi connectivity index (χ1n) is 8.04. The van der Waals surface area contributed by atoms with Crippen LogP contribution in [0.1, 0.15) is 25.1 Å². The summed E-state index contributed by atoms with van der Waals surface area (Å²) < 4.78 is 0. The Hall–Kier alpha value is -1.15. The van der Waals surface area contributed by atoms with Crippen molar-refractivity contribution in [3.05, 3.63) is 40.9 Å². The standard InChI is InChI=1S/C18H26N4S.HI/c1-13(2)11-21-18(19-4)20-10-9-16-12-23-17(22-16)15-7-5-14(3)6-8-15;/h5-8,12-13H,9-11H2,1-4H3,(H2,19,20,21);1H. The Morgan fingerprint density at radius 3 is 2.54 bits per heavy atom. The van der Waals surface area contributed by atoms with Crippen LogP contribution in [0, 0.1) is 12.8 Å². The average molecular weight is 458 g/mol. The van der Waals surface area contributed by atoms with Crippen molar-refractivity contribution in [1.29, 1.82) is 0 Å². The van der Waals surface area contributed by atoms with Crippen molar-refractivity contribution in [2.75, 3.05) is 20.1 Å². The fraction of sp³-hybridized carbons (Fsp3) is 0.444. The Bertz CT molecular complexity index is 635. The van der Waals surface area contributed by atoms with E-state index in [9.17, 15) is 0 Å². The van der Waals surface area contributed by atoms with Gasteiger partial charge in [-0.15, -0.1) is 35.3 Å². The number of aryl methyl sites for hydroxylation is 1. The number of hydrogen-bond acceptors (Lipinski definition) is 3. The van der Waals surface area contributed by atoms with Crippen molar-refractivity contribution in [3.63, 3.8) is 0 Å². The van der Waals surface area contributed by atoms with E-state index in [2.05, 4.69) is 66.0 Å². The molecule has 0 aliphatic rings. The third kappa shape index (κ3) is 6.76. The summed E-state index contributed by atoms with van der Waals surface area (Å²) >= 11 is 1.70. The van der Waals surface area contributed by atoms with Gasteiger partial charge in [0.25, 0.3) is 0 Å². The lowest BCUT2D eigenvalue weighted by Gasteiger charge is -2.12. The largest absolute Gasteiger partial charge is 0.356 e. The van der Waals surface area contributed by atoms with Crippen molar-refractivity contribution in [1.82, 2.24) is 15.6 Å². The zero-order valence-corrected chi connectivity index (χ0v) is 17.9. The fourth-order valence-corrected chi connectivity index (χ4v) is 2.94. The first-order valence-corrected chi connectivity index (χ1v) is 8.92. The van der Waals surface area contributed by atoms with E-state index in [1.54, 1.807) is 18.4 Å². The second-order valence-electron chi connectivity index (χ2n) is 6.03. The van der Waals surface area contributed by atoms with E-state index in [1.165, 1.54) is 11.1 Å². The molecule has 0 bridgehead atoms. The van der Waals surface area contributed by atoms with Crippen LogP contribution in [0.5, 0.6) is 0 Å². The monoisotopic (exact) mass is 458 g/mol. The van der Waals surface area contributed by atoms with Crippen LogP contribution < -0.4 is 10.6 Å². The zero-order valence-electron chi connectivity index (χ0n) is 14.8. The highest BCUT2D eigenvalue weighted by Crippen LogP contribution is 2.24. The molecule has 1 aromatic heterocycles. The number of rotatable bonds is 6. The molecule has 1 heterocycles. The summed E-state index contributed by atoms with van der Waals surface area (Å²) in [5.74, 6) is 1.46. The maximum absolute atomic E-state index is 4.73. The number of benzene rings is 1. The van der Waals surface area contributed by atoms with Gasteiger partial charge < -0.3 is 10.6 Å². The molecule has 0 atom stereocenters. The average Bonchev–Trinajstić information content (AvgIpc) is 3.00. The van der Waals surface area contributed by atoms with Gasteiger partial charge in [-0.2, -0.15) is 0 Å². The normalized spacial score (nSPS) is 11.3. The minimum Gasteiger partial charge on any atom is -0.356 e. The highest BCUT2D eigenvalue weighted by atomic mass is 127. The number of halogens is 1. The Kier molecular flexibility index (Phi) is 9.28. The van der Waals surface area contributed by atoms with Gasteiger partial charge in [-0.1, -0.05) is 43.7 Å². The predicted octanol–water partition coefficient (Wildman–Crippen LogP) is 4.10. The van der Waals surface area contributed by atoms with Gasteiger partial charge in [0.15, 0.2) is 5.96 Å². The molecule has 0 unspecified atom stereocenters. The Morgan fingerprint density at radius 1 is 1.21 bits per heavy atom. The van der Waals surface area contributed by atoms with Crippen molar-refractivity contribution in [2.45, 2.75) is 27.2 Å². The van der Waals surface area contributed by atoms with E-state index < -0.39 is 0 Å². The summed E-state index contributed by atoms with van der Waals surface area (Å²) in [5, 5.41) is 9.87. The van der Waals surface area contributed by atoms with E-state index in [1.807, 2.05) is 0 Å². The molecule has 0 aliphatic carbocycles. The first-order chi connectivity index (χ1) is 11.1. The van der Waals surface area contributed by atoms with Crippen LogP contribution in [0.15, 0.2) is 34.6 Å². The third-order valence-electron chi connectivity index (χ3n) is 3.43. The molecule has 2 aromatic rings. The van der Waals surface area contributed by atoms with Crippen LogP contribution in [0.25, 0.3) is 10.6 Å². The lowest BCUT2D eigenvalue weighted by molar-refractivity contribution is 0.614. The van der Waals surface area contributed by atoms with Gasteiger partial charge in [-0.05, 0) is 12.8 Å². The summed E-state index contributed by atoms with van der Waals surface area (Å²) in [5.41, 5.74) is 3.58. The molecule has 1 aromatic carbocycles. The predicted molar refractivity (Wildman–Crippen MR) is 116 cm³/mol. The Labute approximate surface area is 166 Å². The van der Waals surface area contributed by atoms with Crippen LogP contribution in [0.2, 0.25) is 0 Å². The molecule has 0 amide bonds. The highest BCUT2D eigenvalue weighted by Gasteiger charge is 2.05. The molecule has 2 N–H and O–H groups in total. The van der Waals surface area contributed by atoms with Crippen LogP contribution in [-0.4, -0.2) is 31.1 Å². The third-order valence-corrected chi connectivity index (χ3v) is 4.37. The summed E-state index contributed by atoms with van der Waals surface area (Å²) in [6.45, 7) is 8.22. The molecule has 0 aliphatic heterocycles. The van der Waals surface area contributed by atoms with Gasteiger partial charge in [-0.3, -0.25) is 4.99 Å². The van der Waals surface area contributed by atoms with E-state index in [-0.39, 0.29) is 24.0 Å². The molecule has 0 saturated carbocycles. The number of thiazole rings is 1. The second kappa shape index (κ2) is 10.7. The summed E-state index contributed by atoms with van der Waals surface area (Å²) in [6, 6.07) is 8.52. The topological polar surface area (TPSA) is 49.3 Å². The van der Waals surface area contributed by atoms with Crippen LogP contribution in [-0.2, 0) is 6.42 Å². The van der Waals surface area contributed by atoms with E-state index >= 15 is 0 Å². The molecule has 2 rings (SSSR count). The molecule has 132 valence electrons. The molecule has 6 heteroatoms. The quantitative estimate of drug-likeness (QED) is 0.389. The van der Waals surface area contributed by atoms with Crippen molar-refractivity contribution >= 4 is 41.3 Å². The molecule has 0 radical (unpaired) electrons. The summed E-state index contributed by atoms with van der Waals surface area (Å²) in [7, 11) is 1.80. The fourth-order valence-electron chi connectivity index (χ4n) is 2.08. The molecule has 4 nitrogen and oxygen atoms in total. The number of nitrogens with one attached hydrogen (secondary N) is 2. The van der Waals surface area contributed by atoms with Crippen molar-refractivity contribution < 1.29 is 0 Å². The smallest absolute Gasteiger partial charge is 0.190 e. The van der Waals surface area contributed by atoms with Crippen LogP contribution in [0.3, 0.4) is 0 Å². The first kappa shape index (κ1) is 20.9. The summed E-state index contributed by atoms with van der Waals surface area (Å²) in [6.07, 6.45) is 0.894. The minimum atomic E-state index is 0. The molecule has 24 heavy (non-hydrogen) atoms. The van der Waals surface area contributed by atoms with E-state index in [0.29, 0.717) is 5.92 Å². The maximum Gasteiger partial charge on any atom is 0.190 e. The Morgan fingerprint density at radius 2 is 1.92 bits per heavy atom. The number of aromatic nitrogens is 1. The molecular weight excluding hydrogens is 431 g/mol. The van der Waals surface area contributed by atoms with Crippen molar-refractivity contribution in [3.8, 4) is 10.6 Å². The number of guanidine groups is 1. The van der Waals surface area contributed by atoms with Gasteiger partial charge in [0.2, 0.25) is 0 Å². The van der Waals surface area contributed by atoms with E-state index in [4.69, 9.17) is 4.98 Å². The van der Waals surface area contributed by atoms with Gasteiger partial charge in [0, 0.05) is 37.5 Å². The zero-order chi connectivity index (χ0) is 16.7. The van der Waals surface area contributed by atoms with Gasteiger partial charge in [0.05, 0.1) is 5.69 Å². The number of hydrogen-bond donors (Lipinski definition) is 2. The Balaban J connectivity index is 0.00000288. The van der Waals surface area contributed by atoms with Gasteiger partial charge in [0.1, 0.15) is 5.01 Å². The molecular formula is C18H27IN4S. The molecule has 0 fully saturated rings. The number of aliphatic imine (C=N–C) groups is 1.